The maximum Gasteiger partial charge on any atom is 0.150 e. The maximum absolute atomic E-state index is 4.69. The molecule has 3 heteroatoms. The van der Waals surface area contributed by atoms with Crippen molar-refractivity contribution < 1.29 is 0 Å². The normalized spacial score (nSPS) is 11.8. The van der Waals surface area contributed by atoms with Gasteiger partial charge in [0.15, 0.2) is 5.82 Å². The third-order valence-electron chi connectivity index (χ3n) is 6.01. The number of rotatable bonds is 5. The molecule has 154 valence electrons. The van der Waals surface area contributed by atoms with E-state index in [0.717, 1.165) is 18.9 Å². The first kappa shape index (κ1) is 20.2. The van der Waals surface area contributed by atoms with Gasteiger partial charge in [-0.25, -0.2) is 4.98 Å². The quantitative estimate of drug-likeness (QED) is 0.410. The summed E-state index contributed by atoms with van der Waals surface area (Å²) < 4.78 is 2.40. The smallest absolute Gasteiger partial charge is 0.150 e. The van der Waals surface area contributed by atoms with Gasteiger partial charge in [-0.1, -0.05) is 75.4 Å². The molecule has 2 aromatic heterocycles. The summed E-state index contributed by atoms with van der Waals surface area (Å²) in [5.74, 6) is 0.943. The Morgan fingerprint density at radius 3 is 2.23 bits per heavy atom. The van der Waals surface area contributed by atoms with Crippen molar-refractivity contribution in [2.45, 2.75) is 53.1 Å². The highest BCUT2D eigenvalue weighted by Crippen LogP contribution is 2.31. The van der Waals surface area contributed by atoms with E-state index in [4.69, 9.17) is 4.98 Å². The average Bonchev–Trinajstić information content (AvgIpc) is 2.98. The highest BCUT2D eigenvalue weighted by atomic mass is 15.1. The summed E-state index contributed by atoms with van der Waals surface area (Å²) in [4.78, 5) is 4.69. The van der Waals surface area contributed by atoms with Gasteiger partial charge in [-0.3, -0.25) is 0 Å². The number of pyridine rings is 1. The van der Waals surface area contributed by atoms with E-state index in [0.29, 0.717) is 0 Å². The van der Waals surface area contributed by atoms with Crippen LogP contribution in [-0.2, 0) is 18.5 Å². The van der Waals surface area contributed by atoms with Gasteiger partial charge in [0.05, 0.1) is 5.52 Å². The van der Waals surface area contributed by atoms with E-state index < -0.39 is 0 Å². The zero-order valence-electron chi connectivity index (χ0n) is 18.7. The van der Waals surface area contributed by atoms with Gasteiger partial charge in [0, 0.05) is 30.4 Å². The molecular formula is C27H31N3. The fourth-order valence-electron chi connectivity index (χ4n) is 4.00. The Hall–Kier alpha value is -3.07. The zero-order chi connectivity index (χ0) is 21.3. The molecule has 0 atom stereocenters. The van der Waals surface area contributed by atoms with Gasteiger partial charge in [0.2, 0.25) is 0 Å². The third kappa shape index (κ3) is 3.97. The van der Waals surface area contributed by atoms with Gasteiger partial charge in [-0.15, -0.1) is 0 Å². The lowest BCUT2D eigenvalue weighted by Crippen LogP contribution is -2.11. The van der Waals surface area contributed by atoms with Gasteiger partial charge in [0.1, 0.15) is 0 Å². The average molecular weight is 398 g/mol. The van der Waals surface area contributed by atoms with E-state index in [1.165, 1.54) is 38.9 Å². The molecule has 0 spiro atoms. The predicted molar refractivity (Wildman–Crippen MR) is 127 cm³/mol. The second kappa shape index (κ2) is 7.98. The molecule has 0 unspecified atom stereocenters. The van der Waals surface area contributed by atoms with Gasteiger partial charge >= 0.3 is 0 Å². The van der Waals surface area contributed by atoms with Gasteiger partial charge in [-0.05, 0) is 47.6 Å². The van der Waals surface area contributed by atoms with E-state index >= 15 is 0 Å². The van der Waals surface area contributed by atoms with Gasteiger partial charge < -0.3 is 9.88 Å². The number of nitrogens with one attached hydrogen (secondary N) is 1. The Labute approximate surface area is 179 Å². The highest BCUT2D eigenvalue weighted by Gasteiger charge is 2.17. The van der Waals surface area contributed by atoms with E-state index in [1.807, 2.05) is 12.3 Å². The van der Waals surface area contributed by atoms with E-state index in [-0.39, 0.29) is 5.41 Å². The molecular weight excluding hydrogens is 366 g/mol. The summed E-state index contributed by atoms with van der Waals surface area (Å²) >= 11 is 0. The standard InChI is InChI=1S/C27H31N3/c1-19-20(2)30(18-22-11-13-23(14-12-22)27(3,4)5)25-24(19)15-16-28-26(25)29-17-21-9-7-6-8-10-21/h6-16H,17-18H2,1-5H3,(H,28,29). The molecule has 0 saturated heterocycles. The van der Waals surface area contributed by atoms with Crippen LogP contribution in [0, 0.1) is 13.8 Å². The zero-order valence-corrected chi connectivity index (χ0v) is 18.7. The monoisotopic (exact) mass is 397 g/mol. The number of nitrogens with zero attached hydrogens (tertiary/aromatic N) is 2. The molecule has 4 aromatic rings. The molecule has 3 nitrogen and oxygen atoms in total. The van der Waals surface area contributed by atoms with Crippen LogP contribution in [0.1, 0.15) is 48.7 Å². The Balaban J connectivity index is 1.69. The molecule has 0 aliphatic heterocycles. The van der Waals surface area contributed by atoms with Crippen LogP contribution >= 0.6 is 0 Å². The van der Waals surface area contributed by atoms with Crippen molar-refractivity contribution in [2.24, 2.45) is 0 Å². The number of anilines is 1. The van der Waals surface area contributed by atoms with Crippen LogP contribution in [0.15, 0.2) is 66.9 Å². The molecule has 0 aliphatic rings. The van der Waals surface area contributed by atoms with Crippen LogP contribution in [-0.4, -0.2) is 9.55 Å². The van der Waals surface area contributed by atoms with Crippen molar-refractivity contribution in [3.05, 3.63) is 94.8 Å². The summed E-state index contributed by atoms with van der Waals surface area (Å²) in [7, 11) is 0. The Bertz CT molecular complexity index is 1150. The molecule has 4 rings (SSSR count). The second-order valence-corrected chi connectivity index (χ2v) is 9.14. The number of hydrogen-bond acceptors (Lipinski definition) is 2. The fourth-order valence-corrected chi connectivity index (χ4v) is 4.00. The lowest BCUT2D eigenvalue weighted by molar-refractivity contribution is 0.590. The largest absolute Gasteiger partial charge is 0.364 e. The van der Waals surface area contributed by atoms with Crippen LogP contribution in [0.4, 0.5) is 5.82 Å². The Morgan fingerprint density at radius 1 is 0.867 bits per heavy atom. The molecule has 0 radical (unpaired) electrons. The second-order valence-electron chi connectivity index (χ2n) is 9.14. The van der Waals surface area contributed by atoms with Gasteiger partial charge in [0.25, 0.3) is 0 Å². The summed E-state index contributed by atoms with van der Waals surface area (Å²) in [5.41, 5.74) is 7.89. The van der Waals surface area contributed by atoms with Crippen molar-refractivity contribution in [1.82, 2.24) is 9.55 Å². The Morgan fingerprint density at radius 2 is 1.57 bits per heavy atom. The summed E-state index contributed by atoms with van der Waals surface area (Å²) in [6.07, 6.45) is 1.91. The molecule has 0 saturated carbocycles. The van der Waals surface area contributed by atoms with E-state index in [2.05, 4.69) is 99.1 Å². The molecule has 1 N–H and O–H groups in total. The Kier molecular flexibility index (Phi) is 5.38. The molecule has 0 aliphatic carbocycles. The fraction of sp³-hybridized carbons (Fsp3) is 0.296. The number of aryl methyl sites for hydroxylation is 1. The topological polar surface area (TPSA) is 29.9 Å². The van der Waals surface area contributed by atoms with Crippen LogP contribution in [0.5, 0.6) is 0 Å². The molecule has 2 heterocycles. The molecule has 0 fully saturated rings. The first-order valence-corrected chi connectivity index (χ1v) is 10.7. The first-order chi connectivity index (χ1) is 14.3. The predicted octanol–water partition coefficient (Wildman–Crippen LogP) is 6.61. The van der Waals surface area contributed by atoms with Crippen LogP contribution in [0.3, 0.4) is 0 Å². The summed E-state index contributed by atoms with van der Waals surface area (Å²) in [6, 6.07) is 21.6. The lowest BCUT2D eigenvalue weighted by Gasteiger charge is -2.19. The molecule has 2 aromatic carbocycles. The SMILES string of the molecule is Cc1c(C)n(Cc2ccc(C(C)(C)C)cc2)c2c(NCc3ccccc3)nccc12. The number of benzene rings is 2. The van der Waals surface area contributed by atoms with E-state index in [9.17, 15) is 0 Å². The van der Waals surface area contributed by atoms with Crippen molar-refractivity contribution in [1.29, 1.82) is 0 Å². The number of aromatic nitrogens is 2. The van der Waals surface area contributed by atoms with Crippen molar-refractivity contribution in [2.75, 3.05) is 5.32 Å². The van der Waals surface area contributed by atoms with Crippen molar-refractivity contribution in [3.63, 3.8) is 0 Å². The maximum atomic E-state index is 4.69. The summed E-state index contributed by atoms with van der Waals surface area (Å²) in [6.45, 7) is 12.8. The van der Waals surface area contributed by atoms with Crippen LogP contribution in [0.25, 0.3) is 10.9 Å². The molecule has 0 bridgehead atoms. The van der Waals surface area contributed by atoms with Crippen molar-refractivity contribution >= 4 is 16.7 Å². The number of fused-ring (bicyclic) bond motifs is 1. The summed E-state index contributed by atoms with van der Waals surface area (Å²) in [5, 5.41) is 4.84. The van der Waals surface area contributed by atoms with Crippen molar-refractivity contribution in [3.8, 4) is 0 Å². The van der Waals surface area contributed by atoms with Crippen LogP contribution in [0.2, 0.25) is 0 Å². The highest BCUT2D eigenvalue weighted by molar-refractivity contribution is 5.93. The minimum absolute atomic E-state index is 0.170. The third-order valence-corrected chi connectivity index (χ3v) is 6.01. The first-order valence-electron chi connectivity index (χ1n) is 10.7. The van der Waals surface area contributed by atoms with Crippen LogP contribution < -0.4 is 5.32 Å². The van der Waals surface area contributed by atoms with Gasteiger partial charge in [-0.2, -0.15) is 0 Å². The lowest BCUT2D eigenvalue weighted by atomic mass is 9.87. The van der Waals surface area contributed by atoms with E-state index in [1.54, 1.807) is 0 Å². The minimum Gasteiger partial charge on any atom is -0.364 e. The molecule has 30 heavy (non-hydrogen) atoms. The minimum atomic E-state index is 0.170. The number of hydrogen-bond donors (Lipinski definition) is 1. The molecule has 0 amide bonds.